The van der Waals surface area contributed by atoms with Crippen LogP contribution in [0.2, 0.25) is 0 Å². The van der Waals surface area contributed by atoms with Crippen LogP contribution in [0.25, 0.3) is 126 Å². The standard InChI is InChI=1S/C51H28N4/c1-2-13-31(14-3-1)53-42-22-8-7-17-35(42)39-26-30(24-25-44(39)53)33-18-10-20-37-40-27-29-12-4-5-15-32(29)46-41-28-45-47(52-51(41)55(48(33)37)50(40)46)38-21-11-19-36-34-16-6-9-23-43(34)54(45)49(36)38/h1-28H. The molecule has 55 heavy (non-hydrogen) atoms. The Labute approximate surface area is 313 Å². The summed E-state index contributed by atoms with van der Waals surface area (Å²) in [5.74, 6) is 0. The van der Waals surface area contributed by atoms with E-state index in [-0.39, 0.29) is 0 Å². The third-order valence-corrected chi connectivity index (χ3v) is 12.4. The van der Waals surface area contributed by atoms with Crippen molar-refractivity contribution in [3.8, 4) is 16.8 Å². The fourth-order valence-corrected chi connectivity index (χ4v) is 10.3. The lowest BCUT2D eigenvalue weighted by Gasteiger charge is -2.09. The molecule has 0 bridgehead atoms. The van der Waals surface area contributed by atoms with E-state index in [4.69, 9.17) is 4.98 Å². The van der Waals surface area contributed by atoms with E-state index in [2.05, 4.69) is 183 Å². The summed E-state index contributed by atoms with van der Waals surface area (Å²) in [6.07, 6.45) is 0. The third kappa shape index (κ3) is 3.33. The van der Waals surface area contributed by atoms with Gasteiger partial charge >= 0.3 is 0 Å². The average Bonchev–Trinajstić information content (AvgIpc) is 4.03. The summed E-state index contributed by atoms with van der Waals surface area (Å²) < 4.78 is 7.32. The zero-order valence-corrected chi connectivity index (χ0v) is 29.5. The van der Waals surface area contributed by atoms with Crippen LogP contribution in [0.15, 0.2) is 170 Å². The predicted octanol–water partition coefficient (Wildman–Crippen LogP) is 13.3. The Hall–Kier alpha value is -7.43. The Morgan fingerprint density at radius 2 is 1.04 bits per heavy atom. The first-order chi connectivity index (χ1) is 27.3. The van der Waals surface area contributed by atoms with Crippen molar-refractivity contribution in [2.24, 2.45) is 0 Å². The van der Waals surface area contributed by atoms with E-state index < -0.39 is 0 Å². The van der Waals surface area contributed by atoms with Crippen LogP contribution < -0.4 is 0 Å². The lowest BCUT2D eigenvalue weighted by atomic mass is 9.98. The molecular formula is C51H28N4. The SMILES string of the molecule is c1ccc(-n2c3ccccc3c3cc(-c4cccc5c6cc7ccccc7c7c8cc9c(nc8n(c45)c67)c4cccc5c6ccccc6n9c54)ccc32)cc1. The van der Waals surface area contributed by atoms with Gasteiger partial charge in [0.1, 0.15) is 5.65 Å². The summed E-state index contributed by atoms with van der Waals surface area (Å²) in [7, 11) is 0. The lowest BCUT2D eigenvalue weighted by Crippen LogP contribution is -1.93. The van der Waals surface area contributed by atoms with E-state index in [9.17, 15) is 0 Å². The monoisotopic (exact) mass is 696 g/mol. The number of benzene rings is 8. The van der Waals surface area contributed by atoms with Crippen LogP contribution in [0, 0.1) is 0 Å². The molecule has 0 N–H and O–H groups in total. The number of aromatic nitrogens is 4. The highest BCUT2D eigenvalue weighted by atomic mass is 15.0. The van der Waals surface area contributed by atoms with E-state index in [1.54, 1.807) is 0 Å². The first-order valence-corrected chi connectivity index (χ1v) is 19.0. The van der Waals surface area contributed by atoms with Crippen LogP contribution in [0.1, 0.15) is 0 Å². The van der Waals surface area contributed by atoms with Crippen molar-refractivity contribution in [1.29, 1.82) is 0 Å². The van der Waals surface area contributed by atoms with E-state index in [0.29, 0.717) is 0 Å². The van der Waals surface area contributed by atoms with Gasteiger partial charge in [0, 0.05) is 59.7 Å². The minimum Gasteiger partial charge on any atom is -0.309 e. The zero-order valence-electron chi connectivity index (χ0n) is 29.5. The van der Waals surface area contributed by atoms with Gasteiger partial charge in [-0.25, -0.2) is 4.98 Å². The Balaban J connectivity index is 1.15. The molecule has 6 aromatic heterocycles. The zero-order chi connectivity index (χ0) is 35.5. The van der Waals surface area contributed by atoms with Gasteiger partial charge in [0.25, 0.3) is 0 Å². The highest BCUT2D eigenvalue weighted by Crippen LogP contribution is 2.47. The smallest absolute Gasteiger partial charge is 0.146 e. The van der Waals surface area contributed by atoms with Gasteiger partial charge in [-0.1, -0.05) is 121 Å². The number of hydrogen-bond donors (Lipinski definition) is 0. The number of rotatable bonds is 2. The fourth-order valence-electron chi connectivity index (χ4n) is 10.3. The van der Waals surface area contributed by atoms with Gasteiger partial charge in [-0.2, -0.15) is 0 Å². The van der Waals surface area contributed by atoms with Crippen molar-refractivity contribution in [2.45, 2.75) is 0 Å². The molecule has 0 atom stereocenters. The molecule has 0 radical (unpaired) electrons. The summed E-state index contributed by atoms with van der Waals surface area (Å²) >= 11 is 0. The number of para-hydroxylation sites is 5. The molecule has 252 valence electrons. The topological polar surface area (TPSA) is 26.6 Å². The van der Waals surface area contributed by atoms with Crippen LogP contribution in [0.5, 0.6) is 0 Å². The third-order valence-electron chi connectivity index (χ3n) is 12.4. The van der Waals surface area contributed by atoms with E-state index in [0.717, 1.165) is 16.7 Å². The maximum atomic E-state index is 5.72. The molecule has 0 saturated heterocycles. The predicted molar refractivity (Wildman–Crippen MR) is 231 cm³/mol. The second-order valence-electron chi connectivity index (χ2n) is 15.1. The van der Waals surface area contributed by atoms with E-state index in [1.807, 2.05) is 0 Å². The number of hydrogen-bond acceptors (Lipinski definition) is 1. The van der Waals surface area contributed by atoms with Crippen molar-refractivity contribution in [3.63, 3.8) is 0 Å². The van der Waals surface area contributed by atoms with Crippen LogP contribution in [0.3, 0.4) is 0 Å². The first kappa shape index (κ1) is 28.1. The van der Waals surface area contributed by atoms with Crippen molar-refractivity contribution in [2.75, 3.05) is 0 Å². The van der Waals surface area contributed by atoms with Gasteiger partial charge in [-0.05, 0) is 64.9 Å². The lowest BCUT2D eigenvalue weighted by molar-refractivity contribution is 1.18. The molecule has 0 unspecified atom stereocenters. The molecular weight excluding hydrogens is 669 g/mol. The molecule has 14 aromatic rings. The van der Waals surface area contributed by atoms with Gasteiger partial charge in [-0.15, -0.1) is 0 Å². The largest absolute Gasteiger partial charge is 0.309 e. The molecule has 4 nitrogen and oxygen atoms in total. The molecule has 6 heterocycles. The van der Waals surface area contributed by atoms with Gasteiger partial charge < -0.3 is 8.97 Å². The highest BCUT2D eigenvalue weighted by Gasteiger charge is 2.26. The summed E-state index contributed by atoms with van der Waals surface area (Å²) in [5, 5.41) is 13.7. The normalized spacial score (nSPS) is 12.7. The van der Waals surface area contributed by atoms with Gasteiger partial charge in [0.2, 0.25) is 0 Å². The van der Waals surface area contributed by atoms with Crippen LogP contribution in [0.4, 0.5) is 0 Å². The second kappa shape index (κ2) is 9.75. The van der Waals surface area contributed by atoms with Crippen molar-refractivity contribution in [3.05, 3.63) is 170 Å². The van der Waals surface area contributed by atoms with Gasteiger partial charge in [-0.3, -0.25) is 4.40 Å². The first-order valence-electron chi connectivity index (χ1n) is 19.0. The van der Waals surface area contributed by atoms with Gasteiger partial charge in [0.05, 0.1) is 44.1 Å². The van der Waals surface area contributed by atoms with E-state index in [1.165, 1.54) is 109 Å². The summed E-state index contributed by atoms with van der Waals surface area (Å²) in [6, 6.07) is 62.5. The molecule has 0 aliphatic carbocycles. The molecule has 0 aliphatic rings. The summed E-state index contributed by atoms with van der Waals surface area (Å²) in [5.41, 5.74) is 14.1. The maximum absolute atomic E-state index is 5.72. The fraction of sp³-hybridized carbons (Fsp3) is 0. The second-order valence-corrected chi connectivity index (χ2v) is 15.1. The molecule has 0 saturated carbocycles. The number of nitrogens with zero attached hydrogens (tertiary/aromatic N) is 4. The van der Waals surface area contributed by atoms with Crippen molar-refractivity contribution < 1.29 is 0 Å². The Morgan fingerprint density at radius 1 is 0.364 bits per heavy atom. The minimum atomic E-state index is 1.01. The number of pyridine rings is 1. The van der Waals surface area contributed by atoms with Crippen molar-refractivity contribution in [1.82, 2.24) is 18.4 Å². The number of fused-ring (bicyclic) bond motifs is 17. The molecule has 0 aliphatic heterocycles. The average molecular weight is 697 g/mol. The highest BCUT2D eigenvalue weighted by molar-refractivity contribution is 6.33. The molecule has 8 aromatic carbocycles. The Kier molecular flexibility index (Phi) is 4.99. The molecule has 0 fully saturated rings. The molecule has 14 rings (SSSR count). The quantitative estimate of drug-likeness (QED) is 0.177. The summed E-state index contributed by atoms with van der Waals surface area (Å²) in [4.78, 5) is 5.72. The molecule has 0 spiro atoms. The minimum absolute atomic E-state index is 1.01. The summed E-state index contributed by atoms with van der Waals surface area (Å²) in [6.45, 7) is 0. The van der Waals surface area contributed by atoms with Crippen LogP contribution in [-0.4, -0.2) is 18.4 Å². The van der Waals surface area contributed by atoms with E-state index >= 15 is 0 Å². The molecule has 4 heteroatoms. The van der Waals surface area contributed by atoms with Crippen LogP contribution >= 0.6 is 0 Å². The van der Waals surface area contributed by atoms with Crippen LogP contribution in [-0.2, 0) is 0 Å². The Morgan fingerprint density at radius 3 is 1.91 bits per heavy atom. The molecule has 0 amide bonds. The Bertz CT molecular complexity index is 3940. The van der Waals surface area contributed by atoms with Crippen molar-refractivity contribution >= 4 is 109 Å². The van der Waals surface area contributed by atoms with Gasteiger partial charge in [0.15, 0.2) is 0 Å². The maximum Gasteiger partial charge on any atom is 0.146 e.